The summed E-state index contributed by atoms with van der Waals surface area (Å²) < 4.78 is 0.297. The second-order valence-corrected chi connectivity index (χ2v) is 8.38. The van der Waals surface area contributed by atoms with Crippen LogP contribution in [0.5, 0.6) is 0 Å². The van der Waals surface area contributed by atoms with E-state index in [0.29, 0.717) is 17.8 Å². The van der Waals surface area contributed by atoms with Gasteiger partial charge in [-0.15, -0.1) is 24.0 Å². The van der Waals surface area contributed by atoms with Crippen LogP contribution in [-0.4, -0.2) is 48.5 Å². The fourth-order valence-electron chi connectivity index (χ4n) is 2.34. The van der Waals surface area contributed by atoms with E-state index in [0.717, 1.165) is 19.0 Å². The van der Waals surface area contributed by atoms with Crippen LogP contribution >= 0.6 is 35.7 Å². The number of halogens is 1. The van der Waals surface area contributed by atoms with E-state index in [1.165, 1.54) is 18.6 Å². The van der Waals surface area contributed by atoms with Gasteiger partial charge >= 0.3 is 0 Å². The summed E-state index contributed by atoms with van der Waals surface area (Å²) in [5, 5.41) is 9.57. The molecule has 1 amide bonds. The van der Waals surface area contributed by atoms with Gasteiger partial charge in [-0.25, -0.2) is 0 Å². The first-order chi connectivity index (χ1) is 10.3. The number of nitrogens with zero attached hydrogens (tertiary/aromatic N) is 1. The highest BCUT2D eigenvalue weighted by atomic mass is 127. The predicted octanol–water partition coefficient (Wildman–Crippen LogP) is 2.61. The van der Waals surface area contributed by atoms with Crippen molar-refractivity contribution in [2.75, 3.05) is 31.9 Å². The maximum atomic E-state index is 12.0. The van der Waals surface area contributed by atoms with Crippen molar-refractivity contribution in [2.45, 2.75) is 52.2 Å². The van der Waals surface area contributed by atoms with Crippen LogP contribution in [0, 0.1) is 5.41 Å². The summed E-state index contributed by atoms with van der Waals surface area (Å²) in [4.78, 5) is 16.6. The molecule has 0 aromatic heterocycles. The molecule has 0 aromatic carbocycles. The molecule has 0 saturated carbocycles. The standard InChI is InChI=1S/C16H32N4OS.HI/c1-6-17-13(21)15(3,4)11-19-14(18-7-2)20-12-16(5)9-8-10-22-16;/h6-12H2,1-5H3,(H,17,21)(H2,18,19,20);1H. The third kappa shape index (κ3) is 7.96. The molecule has 1 heterocycles. The molecule has 1 atom stereocenters. The molecule has 3 N–H and O–H groups in total. The Morgan fingerprint density at radius 1 is 1.22 bits per heavy atom. The summed E-state index contributed by atoms with van der Waals surface area (Å²) in [6.07, 6.45) is 2.54. The highest BCUT2D eigenvalue weighted by molar-refractivity contribution is 14.0. The molecule has 0 radical (unpaired) electrons. The van der Waals surface area contributed by atoms with Crippen molar-refractivity contribution in [1.82, 2.24) is 16.0 Å². The van der Waals surface area contributed by atoms with Gasteiger partial charge in [0.1, 0.15) is 0 Å². The Morgan fingerprint density at radius 3 is 2.39 bits per heavy atom. The van der Waals surface area contributed by atoms with Crippen molar-refractivity contribution in [1.29, 1.82) is 0 Å². The van der Waals surface area contributed by atoms with Gasteiger partial charge < -0.3 is 16.0 Å². The van der Waals surface area contributed by atoms with Crippen molar-refractivity contribution in [3.05, 3.63) is 0 Å². The van der Waals surface area contributed by atoms with Gasteiger partial charge in [0.15, 0.2) is 5.96 Å². The summed E-state index contributed by atoms with van der Waals surface area (Å²) in [6.45, 7) is 13.0. The Kier molecular flexibility index (Phi) is 10.6. The molecule has 0 aliphatic carbocycles. The Bertz CT molecular complexity index is 396. The van der Waals surface area contributed by atoms with E-state index in [9.17, 15) is 4.79 Å². The molecule has 1 aliphatic heterocycles. The number of carbonyl (C=O) groups excluding carboxylic acids is 1. The highest BCUT2D eigenvalue weighted by Crippen LogP contribution is 2.36. The van der Waals surface area contributed by atoms with Crippen molar-refractivity contribution >= 4 is 47.6 Å². The van der Waals surface area contributed by atoms with Crippen LogP contribution in [0.3, 0.4) is 0 Å². The number of hydrogen-bond donors (Lipinski definition) is 3. The molecule has 1 saturated heterocycles. The summed E-state index contributed by atoms with van der Waals surface area (Å²) >= 11 is 2.03. The van der Waals surface area contributed by atoms with Crippen LogP contribution in [-0.2, 0) is 4.79 Å². The third-order valence-corrected chi connectivity index (χ3v) is 5.40. The summed E-state index contributed by atoms with van der Waals surface area (Å²) in [7, 11) is 0. The van der Waals surface area contributed by atoms with E-state index in [2.05, 4.69) is 34.8 Å². The van der Waals surface area contributed by atoms with Crippen LogP contribution in [0.1, 0.15) is 47.5 Å². The number of rotatable bonds is 7. The number of guanidine groups is 1. The molecule has 7 heteroatoms. The smallest absolute Gasteiger partial charge is 0.227 e. The Morgan fingerprint density at radius 2 is 1.87 bits per heavy atom. The molecule has 1 unspecified atom stereocenters. The van der Waals surface area contributed by atoms with E-state index >= 15 is 0 Å². The molecule has 1 aliphatic rings. The monoisotopic (exact) mass is 456 g/mol. The fraction of sp³-hybridized carbons (Fsp3) is 0.875. The highest BCUT2D eigenvalue weighted by Gasteiger charge is 2.30. The van der Waals surface area contributed by atoms with Crippen LogP contribution in [0.25, 0.3) is 0 Å². The van der Waals surface area contributed by atoms with Crippen LogP contribution in [0.15, 0.2) is 4.99 Å². The molecule has 136 valence electrons. The average Bonchev–Trinajstić information content (AvgIpc) is 2.89. The second kappa shape index (κ2) is 10.6. The zero-order valence-corrected chi connectivity index (χ0v) is 18.3. The summed E-state index contributed by atoms with van der Waals surface area (Å²) in [5.74, 6) is 2.09. The number of thioether (sulfide) groups is 1. The molecule has 1 rings (SSSR count). The van der Waals surface area contributed by atoms with E-state index in [4.69, 9.17) is 0 Å². The van der Waals surface area contributed by atoms with Gasteiger partial charge in [0.05, 0.1) is 12.0 Å². The quantitative estimate of drug-likeness (QED) is 0.313. The second-order valence-electron chi connectivity index (χ2n) is 6.69. The molecule has 0 bridgehead atoms. The lowest BCUT2D eigenvalue weighted by Crippen LogP contribution is -2.45. The number of nitrogens with one attached hydrogen (secondary N) is 3. The first kappa shape index (κ1) is 22.8. The van der Waals surface area contributed by atoms with Crippen molar-refractivity contribution in [2.24, 2.45) is 10.4 Å². The zero-order valence-electron chi connectivity index (χ0n) is 15.1. The summed E-state index contributed by atoms with van der Waals surface area (Å²) in [6, 6.07) is 0. The van der Waals surface area contributed by atoms with Crippen LogP contribution < -0.4 is 16.0 Å². The molecular formula is C16H33IN4OS. The van der Waals surface area contributed by atoms with Gasteiger partial charge in [-0.1, -0.05) is 0 Å². The maximum absolute atomic E-state index is 12.0. The molecule has 0 aromatic rings. The fourth-order valence-corrected chi connectivity index (χ4v) is 3.58. The van der Waals surface area contributed by atoms with Crippen molar-refractivity contribution < 1.29 is 4.79 Å². The van der Waals surface area contributed by atoms with Gasteiger partial charge in [-0.05, 0) is 53.2 Å². The number of carbonyl (C=O) groups is 1. The Hall–Kier alpha value is -0.180. The number of hydrogen-bond acceptors (Lipinski definition) is 3. The number of aliphatic imine (C=N–C) groups is 1. The molecule has 23 heavy (non-hydrogen) atoms. The SMILES string of the molecule is CCNC(=O)C(C)(C)CN=C(NCC)NCC1(C)CCCS1.I. The van der Waals surface area contributed by atoms with Gasteiger partial charge in [0, 0.05) is 24.4 Å². The molecule has 1 fully saturated rings. The predicted molar refractivity (Wildman–Crippen MR) is 112 cm³/mol. The third-order valence-electron chi connectivity index (χ3n) is 3.86. The van der Waals surface area contributed by atoms with E-state index < -0.39 is 5.41 Å². The largest absolute Gasteiger partial charge is 0.357 e. The summed E-state index contributed by atoms with van der Waals surface area (Å²) in [5.41, 5.74) is -0.496. The average molecular weight is 456 g/mol. The van der Waals surface area contributed by atoms with Crippen LogP contribution in [0.2, 0.25) is 0 Å². The molecule has 0 spiro atoms. The Labute approximate surface area is 162 Å². The van der Waals surface area contributed by atoms with Crippen molar-refractivity contribution in [3.8, 4) is 0 Å². The molecule has 5 nitrogen and oxygen atoms in total. The molecular weight excluding hydrogens is 423 g/mol. The minimum absolute atomic E-state index is 0. The van der Waals surface area contributed by atoms with Gasteiger partial charge in [0.25, 0.3) is 0 Å². The normalized spacial score (nSPS) is 21.5. The first-order valence-electron chi connectivity index (χ1n) is 8.27. The number of amides is 1. The van der Waals surface area contributed by atoms with E-state index in [1.807, 2.05) is 32.5 Å². The van der Waals surface area contributed by atoms with E-state index in [1.54, 1.807) is 0 Å². The lowest BCUT2D eigenvalue weighted by Gasteiger charge is -2.25. The van der Waals surface area contributed by atoms with Crippen LogP contribution in [0.4, 0.5) is 0 Å². The lowest BCUT2D eigenvalue weighted by molar-refractivity contribution is -0.128. The first-order valence-corrected chi connectivity index (χ1v) is 9.26. The van der Waals surface area contributed by atoms with Gasteiger partial charge in [-0.3, -0.25) is 9.79 Å². The van der Waals surface area contributed by atoms with E-state index in [-0.39, 0.29) is 29.9 Å². The maximum Gasteiger partial charge on any atom is 0.227 e. The minimum atomic E-state index is -0.496. The minimum Gasteiger partial charge on any atom is -0.357 e. The zero-order chi connectivity index (χ0) is 16.6. The topological polar surface area (TPSA) is 65.5 Å². The van der Waals surface area contributed by atoms with Gasteiger partial charge in [0.2, 0.25) is 5.91 Å². The Balaban J connectivity index is 0.00000484. The van der Waals surface area contributed by atoms with Crippen molar-refractivity contribution in [3.63, 3.8) is 0 Å². The van der Waals surface area contributed by atoms with Gasteiger partial charge in [-0.2, -0.15) is 11.8 Å². The lowest BCUT2D eigenvalue weighted by atomic mass is 9.92.